The Morgan fingerprint density at radius 2 is 2.14 bits per heavy atom. The van der Waals surface area contributed by atoms with E-state index in [9.17, 15) is 13.2 Å². The van der Waals surface area contributed by atoms with Gasteiger partial charge in [0.25, 0.3) is 16.1 Å². The molecule has 1 aliphatic rings. The minimum Gasteiger partial charge on any atom is -0.483 e. The number of carbonyl (C=O) groups excluding carboxylic acids is 1. The first-order valence-electron chi connectivity index (χ1n) is 6.66. The largest absolute Gasteiger partial charge is 0.483 e. The van der Waals surface area contributed by atoms with Gasteiger partial charge in [-0.25, -0.2) is 4.72 Å². The lowest BCUT2D eigenvalue weighted by Gasteiger charge is -2.21. The Kier molecular flexibility index (Phi) is 5.28. The molecule has 0 spiro atoms. The average Bonchev–Trinajstić information content (AvgIpc) is 2.58. The van der Waals surface area contributed by atoms with Crippen molar-refractivity contribution in [1.29, 1.82) is 0 Å². The maximum Gasteiger partial charge on any atom is 0.278 e. The van der Waals surface area contributed by atoms with E-state index in [0.29, 0.717) is 17.3 Å². The highest BCUT2D eigenvalue weighted by Crippen LogP contribution is 2.26. The fourth-order valence-corrected chi connectivity index (χ4v) is 2.78. The van der Waals surface area contributed by atoms with E-state index in [2.05, 4.69) is 4.72 Å². The third-order valence-corrected chi connectivity index (χ3v) is 5.00. The Labute approximate surface area is 135 Å². The van der Waals surface area contributed by atoms with E-state index in [0.717, 1.165) is 9.87 Å². The summed E-state index contributed by atoms with van der Waals surface area (Å²) in [5.74, 6) is 0.422. The number of carbonyl (C=O) groups is 1. The van der Waals surface area contributed by atoms with Crippen molar-refractivity contribution in [1.82, 2.24) is 13.9 Å². The van der Waals surface area contributed by atoms with Gasteiger partial charge in [0, 0.05) is 44.3 Å². The molecule has 122 valence electrons. The van der Waals surface area contributed by atoms with E-state index in [1.807, 2.05) is 0 Å². The number of hydrogen-bond donors (Lipinski definition) is 1. The minimum absolute atomic E-state index is 0.0743. The third-order valence-electron chi connectivity index (χ3n) is 3.23. The second-order valence-corrected chi connectivity index (χ2v) is 7.44. The summed E-state index contributed by atoms with van der Waals surface area (Å²) in [4.78, 5) is 13.6. The molecule has 1 amide bonds. The molecule has 9 heteroatoms. The van der Waals surface area contributed by atoms with Gasteiger partial charge in [-0.2, -0.15) is 12.7 Å². The fraction of sp³-hybridized carbons (Fsp3) is 0.462. The highest BCUT2D eigenvalue weighted by atomic mass is 35.5. The average molecular weight is 348 g/mol. The number of hydrogen-bond acceptors (Lipinski definition) is 4. The van der Waals surface area contributed by atoms with Crippen LogP contribution in [0.1, 0.15) is 5.56 Å². The standard InChI is InChI=1S/C13H18ClN3O4S/c1-16(2)22(19,20)15-5-6-17-8-10-7-11(14)3-4-12(10)21-9-13(17)18/h3-4,7,15H,5-6,8-9H2,1-2H3. The molecule has 1 aliphatic heterocycles. The minimum atomic E-state index is -3.50. The highest BCUT2D eigenvalue weighted by Gasteiger charge is 2.22. The molecule has 1 aromatic rings. The first-order valence-corrected chi connectivity index (χ1v) is 8.47. The summed E-state index contributed by atoms with van der Waals surface area (Å²) in [5, 5.41) is 0.560. The molecule has 1 aromatic carbocycles. The summed E-state index contributed by atoms with van der Waals surface area (Å²) in [6.07, 6.45) is 0. The van der Waals surface area contributed by atoms with E-state index in [1.165, 1.54) is 14.1 Å². The number of rotatable bonds is 5. The van der Waals surface area contributed by atoms with Gasteiger partial charge < -0.3 is 9.64 Å². The van der Waals surface area contributed by atoms with Gasteiger partial charge in [-0.15, -0.1) is 0 Å². The van der Waals surface area contributed by atoms with Crippen molar-refractivity contribution in [2.75, 3.05) is 33.8 Å². The van der Waals surface area contributed by atoms with Gasteiger partial charge in [-0.1, -0.05) is 11.6 Å². The van der Waals surface area contributed by atoms with Crippen LogP contribution in [0, 0.1) is 0 Å². The Morgan fingerprint density at radius 1 is 1.41 bits per heavy atom. The summed E-state index contributed by atoms with van der Waals surface area (Å²) in [7, 11) is -0.628. The van der Waals surface area contributed by atoms with Gasteiger partial charge in [0.1, 0.15) is 5.75 Å². The zero-order valence-corrected chi connectivity index (χ0v) is 13.9. The van der Waals surface area contributed by atoms with E-state index in [1.54, 1.807) is 23.1 Å². The summed E-state index contributed by atoms with van der Waals surface area (Å²) < 4.78 is 32.2. The van der Waals surface area contributed by atoms with Crippen LogP contribution in [-0.4, -0.2) is 57.3 Å². The predicted molar refractivity (Wildman–Crippen MR) is 83.0 cm³/mol. The van der Waals surface area contributed by atoms with E-state index < -0.39 is 10.2 Å². The van der Waals surface area contributed by atoms with E-state index in [-0.39, 0.29) is 25.6 Å². The van der Waals surface area contributed by atoms with Gasteiger partial charge in [-0.05, 0) is 18.2 Å². The normalized spacial score (nSPS) is 15.5. The van der Waals surface area contributed by atoms with Gasteiger partial charge in [0.2, 0.25) is 0 Å². The number of amides is 1. The molecule has 0 bridgehead atoms. The van der Waals surface area contributed by atoms with Crippen LogP contribution in [0.3, 0.4) is 0 Å². The monoisotopic (exact) mass is 347 g/mol. The number of nitrogens with zero attached hydrogens (tertiary/aromatic N) is 2. The maximum absolute atomic E-state index is 12.0. The molecule has 0 atom stereocenters. The zero-order chi connectivity index (χ0) is 16.3. The van der Waals surface area contributed by atoms with E-state index >= 15 is 0 Å². The lowest BCUT2D eigenvalue weighted by Crippen LogP contribution is -2.42. The molecule has 0 saturated heterocycles. The number of benzene rings is 1. The van der Waals surface area contributed by atoms with Gasteiger partial charge in [0.05, 0.1) is 0 Å². The maximum atomic E-state index is 12.0. The van der Waals surface area contributed by atoms with Crippen molar-refractivity contribution in [3.63, 3.8) is 0 Å². The Hall–Kier alpha value is -1.35. The molecule has 7 nitrogen and oxygen atoms in total. The molecule has 0 saturated carbocycles. The summed E-state index contributed by atoms with van der Waals surface area (Å²) in [6.45, 7) is 0.636. The molecule has 0 fully saturated rings. The smallest absolute Gasteiger partial charge is 0.278 e. The van der Waals surface area contributed by atoms with Crippen LogP contribution in [0.25, 0.3) is 0 Å². The molecule has 1 N–H and O–H groups in total. The fourth-order valence-electron chi connectivity index (χ4n) is 1.98. The van der Waals surface area contributed by atoms with Gasteiger partial charge in [-0.3, -0.25) is 4.79 Å². The second-order valence-electron chi connectivity index (χ2n) is 5.04. The van der Waals surface area contributed by atoms with Gasteiger partial charge in [0.15, 0.2) is 6.61 Å². The molecule has 0 radical (unpaired) electrons. The zero-order valence-electron chi connectivity index (χ0n) is 12.4. The number of nitrogens with one attached hydrogen (secondary N) is 1. The third kappa shape index (κ3) is 4.10. The lowest BCUT2D eigenvalue weighted by atomic mass is 10.2. The lowest BCUT2D eigenvalue weighted by molar-refractivity contribution is -0.133. The molecule has 0 unspecified atom stereocenters. The Morgan fingerprint density at radius 3 is 2.82 bits per heavy atom. The first-order chi connectivity index (χ1) is 10.3. The van der Waals surface area contributed by atoms with Crippen molar-refractivity contribution in [2.45, 2.75) is 6.54 Å². The molecule has 2 rings (SSSR count). The summed E-state index contributed by atoms with van der Waals surface area (Å²) in [6, 6.07) is 5.17. The van der Waals surface area contributed by atoms with Crippen LogP contribution >= 0.6 is 11.6 Å². The van der Waals surface area contributed by atoms with Crippen LogP contribution in [0.5, 0.6) is 5.75 Å². The first kappa shape index (κ1) is 17.0. The van der Waals surface area contributed by atoms with Crippen molar-refractivity contribution >= 4 is 27.7 Å². The predicted octanol–water partition coefficient (Wildman–Crippen LogP) is 0.457. The van der Waals surface area contributed by atoms with Crippen LogP contribution in [0.4, 0.5) is 0 Å². The molecule has 0 aliphatic carbocycles. The van der Waals surface area contributed by atoms with Crippen LogP contribution < -0.4 is 9.46 Å². The van der Waals surface area contributed by atoms with Crippen LogP contribution in [0.15, 0.2) is 18.2 Å². The van der Waals surface area contributed by atoms with Crippen molar-refractivity contribution in [3.8, 4) is 5.75 Å². The Balaban J connectivity index is 2.03. The topological polar surface area (TPSA) is 79.0 Å². The molecule has 22 heavy (non-hydrogen) atoms. The van der Waals surface area contributed by atoms with Crippen molar-refractivity contribution < 1.29 is 17.9 Å². The van der Waals surface area contributed by atoms with Gasteiger partial charge >= 0.3 is 0 Å². The second kappa shape index (κ2) is 6.82. The molecule has 0 aromatic heterocycles. The quantitative estimate of drug-likeness (QED) is 0.839. The molecular weight excluding hydrogens is 330 g/mol. The molecular formula is C13H18ClN3O4S. The van der Waals surface area contributed by atoms with Crippen LogP contribution in [0.2, 0.25) is 5.02 Å². The van der Waals surface area contributed by atoms with Crippen molar-refractivity contribution in [2.24, 2.45) is 0 Å². The summed E-state index contributed by atoms with van der Waals surface area (Å²) >= 11 is 5.96. The Bertz CT molecular complexity index is 663. The highest BCUT2D eigenvalue weighted by molar-refractivity contribution is 7.87. The van der Waals surface area contributed by atoms with E-state index in [4.69, 9.17) is 16.3 Å². The van der Waals surface area contributed by atoms with Crippen LogP contribution in [-0.2, 0) is 21.5 Å². The van der Waals surface area contributed by atoms with Crippen molar-refractivity contribution in [3.05, 3.63) is 28.8 Å². The number of halogens is 1. The summed E-state index contributed by atoms with van der Waals surface area (Å²) in [5.41, 5.74) is 0.800. The SMILES string of the molecule is CN(C)S(=O)(=O)NCCN1Cc2cc(Cl)ccc2OCC1=O. The molecule has 1 heterocycles. The number of ether oxygens (including phenoxy) is 1. The number of fused-ring (bicyclic) bond motifs is 1.